The molecule has 23 heteroatoms. The number of fused-ring (bicyclic) bond motifs is 1. The number of carbonyl (C=O) groups is 4. The zero-order chi connectivity index (χ0) is 48.2. The zero-order valence-corrected chi connectivity index (χ0v) is 40.1. The number of ether oxygens (including phenoxy) is 10. The molecule has 4 amide bonds. The Labute approximate surface area is 398 Å². The van der Waals surface area contributed by atoms with Crippen molar-refractivity contribution in [3.63, 3.8) is 0 Å². The molecule has 3 rings (SSSR count). The van der Waals surface area contributed by atoms with Crippen molar-refractivity contribution in [2.75, 3.05) is 172 Å². The third kappa shape index (κ3) is 26.4. The van der Waals surface area contributed by atoms with E-state index in [-0.39, 0.29) is 32.0 Å². The van der Waals surface area contributed by atoms with Gasteiger partial charge in [-0.2, -0.15) is 0 Å². The molecule has 2 aliphatic heterocycles. The van der Waals surface area contributed by atoms with E-state index < -0.39 is 17.7 Å². The standard InChI is InChI=1S/C44H71N7O15S/c1-4-9-51(66-5-2)44(55)36-31-37-34-47-41(33-38(37)48-39(45)32-36)67-49(3)10-12-57-14-16-59-18-20-61-22-24-63-26-28-65-30-29-64-27-25-62-23-21-60-19-17-58-15-13-56-11-8-46-40(52)35-50-42(53)6-7-43(50)54/h6-7,31,33-34H,4-5,8-30,32,35H2,1-3H3,(H2,45,48)(H,46,52). The predicted octanol–water partition coefficient (Wildman–Crippen LogP) is 1.19. The van der Waals surface area contributed by atoms with Crippen LogP contribution in [-0.4, -0.2) is 221 Å². The Balaban J connectivity index is 0.998. The van der Waals surface area contributed by atoms with Gasteiger partial charge in [-0.05, 0) is 44.5 Å². The summed E-state index contributed by atoms with van der Waals surface area (Å²) in [7, 11) is 1.96. The first-order valence-electron chi connectivity index (χ1n) is 22.7. The maximum atomic E-state index is 13.1. The van der Waals surface area contributed by atoms with Crippen molar-refractivity contribution in [2.24, 2.45) is 10.7 Å². The maximum absolute atomic E-state index is 13.1. The molecule has 0 saturated heterocycles. The van der Waals surface area contributed by atoms with Crippen molar-refractivity contribution in [3.8, 4) is 0 Å². The smallest absolute Gasteiger partial charge is 0.273 e. The van der Waals surface area contributed by atoms with Gasteiger partial charge < -0.3 is 58.4 Å². The minimum absolute atomic E-state index is 0.217. The van der Waals surface area contributed by atoms with Crippen molar-refractivity contribution in [2.45, 2.75) is 31.7 Å². The topological polar surface area (TPSA) is 243 Å². The molecule has 0 fully saturated rings. The fourth-order valence-electron chi connectivity index (χ4n) is 5.73. The molecule has 1 aromatic heterocycles. The first-order chi connectivity index (χ1) is 32.7. The molecule has 0 bridgehead atoms. The summed E-state index contributed by atoms with van der Waals surface area (Å²) in [4.78, 5) is 63.4. The van der Waals surface area contributed by atoms with Crippen molar-refractivity contribution < 1.29 is 71.4 Å². The van der Waals surface area contributed by atoms with Crippen molar-refractivity contribution in [1.29, 1.82) is 0 Å². The number of likely N-dealkylation sites (N-methyl/N-ethyl adjacent to an activating group) is 1. The molecule has 3 N–H and O–H groups in total. The van der Waals surface area contributed by atoms with E-state index in [1.165, 1.54) is 17.0 Å². The second-order valence-corrected chi connectivity index (χ2v) is 15.6. The average Bonchev–Trinajstić information content (AvgIpc) is 3.51. The van der Waals surface area contributed by atoms with Crippen LogP contribution in [-0.2, 0) is 71.4 Å². The molecule has 0 saturated carbocycles. The summed E-state index contributed by atoms with van der Waals surface area (Å²) < 4.78 is 57.2. The average molecular weight is 970 g/mol. The molecule has 67 heavy (non-hydrogen) atoms. The van der Waals surface area contributed by atoms with Crippen LogP contribution in [0.25, 0.3) is 6.08 Å². The van der Waals surface area contributed by atoms with Gasteiger partial charge in [-0.15, -0.1) is 0 Å². The van der Waals surface area contributed by atoms with Gasteiger partial charge in [0, 0.05) is 55.5 Å². The number of aromatic nitrogens is 1. The van der Waals surface area contributed by atoms with Gasteiger partial charge in [0.1, 0.15) is 17.4 Å². The summed E-state index contributed by atoms with van der Waals surface area (Å²) >= 11 is 1.47. The van der Waals surface area contributed by atoms with Crippen LogP contribution in [0.2, 0.25) is 0 Å². The quantitative estimate of drug-likeness (QED) is 0.0405. The maximum Gasteiger partial charge on any atom is 0.273 e. The molecule has 0 unspecified atom stereocenters. The minimum atomic E-state index is -0.496. The number of carbonyl (C=O) groups excluding carboxylic acids is 4. The van der Waals surface area contributed by atoms with Gasteiger partial charge in [-0.3, -0.25) is 28.9 Å². The molecule has 0 radical (unpaired) electrons. The number of nitrogens with one attached hydrogen (secondary N) is 1. The number of amidine groups is 1. The highest BCUT2D eigenvalue weighted by Crippen LogP contribution is 2.31. The van der Waals surface area contributed by atoms with Gasteiger partial charge in [0.25, 0.3) is 17.7 Å². The Morgan fingerprint density at radius 3 is 1.63 bits per heavy atom. The lowest BCUT2D eigenvalue weighted by atomic mass is 10.1. The first-order valence-corrected chi connectivity index (χ1v) is 23.4. The molecule has 2 aliphatic rings. The third-order valence-corrected chi connectivity index (χ3v) is 9.89. The number of nitrogens with two attached hydrogens (primary N) is 1. The fourth-order valence-corrected chi connectivity index (χ4v) is 6.48. The number of pyridine rings is 1. The summed E-state index contributed by atoms with van der Waals surface area (Å²) in [5, 5.41) is 4.73. The molecule has 378 valence electrons. The minimum Gasteiger partial charge on any atom is -0.387 e. The number of hydrogen-bond acceptors (Lipinski definition) is 20. The highest BCUT2D eigenvalue weighted by Gasteiger charge is 2.25. The number of hydrogen-bond donors (Lipinski definition) is 2. The van der Waals surface area contributed by atoms with Gasteiger partial charge in [0.2, 0.25) is 5.91 Å². The highest BCUT2D eigenvalue weighted by atomic mass is 32.2. The summed E-state index contributed by atoms with van der Waals surface area (Å²) in [5.74, 6) is -1.29. The Morgan fingerprint density at radius 1 is 0.701 bits per heavy atom. The van der Waals surface area contributed by atoms with Crippen molar-refractivity contribution >= 4 is 53.2 Å². The number of amides is 4. The molecule has 0 atom stereocenters. The number of aliphatic imine (C=N–C) groups is 1. The lowest BCUT2D eigenvalue weighted by Gasteiger charge is -2.21. The summed E-state index contributed by atoms with van der Waals surface area (Å²) in [6.07, 6.45) is 6.78. The summed E-state index contributed by atoms with van der Waals surface area (Å²) in [5.41, 5.74) is 8.10. The van der Waals surface area contributed by atoms with Gasteiger partial charge in [-0.1, -0.05) is 6.92 Å². The van der Waals surface area contributed by atoms with E-state index in [0.29, 0.717) is 162 Å². The van der Waals surface area contributed by atoms with Gasteiger partial charge >= 0.3 is 0 Å². The van der Waals surface area contributed by atoms with Crippen LogP contribution in [0.3, 0.4) is 0 Å². The highest BCUT2D eigenvalue weighted by molar-refractivity contribution is 7.97. The molecular formula is C44H71N7O15S. The summed E-state index contributed by atoms with van der Waals surface area (Å²) in [6, 6.07) is 1.87. The number of imide groups is 1. The van der Waals surface area contributed by atoms with E-state index in [9.17, 15) is 19.2 Å². The van der Waals surface area contributed by atoms with Crippen LogP contribution in [0.5, 0.6) is 0 Å². The normalized spacial score (nSPS) is 13.6. The van der Waals surface area contributed by atoms with E-state index in [2.05, 4.69) is 15.3 Å². The first kappa shape index (κ1) is 57.4. The Morgan fingerprint density at radius 2 is 1.16 bits per heavy atom. The molecule has 0 aliphatic carbocycles. The van der Waals surface area contributed by atoms with E-state index >= 15 is 0 Å². The lowest BCUT2D eigenvalue weighted by molar-refractivity contribution is -0.180. The van der Waals surface area contributed by atoms with Crippen LogP contribution in [0.15, 0.2) is 40.0 Å². The Bertz CT molecular complexity index is 1650. The van der Waals surface area contributed by atoms with Gasteiger partial charge in [0.05, 0.1) is 144 Å². The second kappa shape index (κ2) is 37.0. The molecule has 0 aromatic carbocycles. The third-order valence-electron chi connectivity index (χ3n) is 8.98. The second-order valence-electron chi connectivity index (χ2n) is 14.4. The largest absolute Gasteiger partial charge is 0.387 e. The molecule has 0 spiro atoms. The van der Waals surface area contributed by atoms with Gasteiger partial charge in [-0.25, -0.2) is 19.3 Å². The Hall–Kier alpha value is -3.95. The van der Waals surface area contributed by atoms with Crippen LogP contribution in [0, 0.1) is 0 Å². The van der Waals surface area contributed by atoms with E-state index in [1.54, 1.807) is 12.3 Å². The Kier molecular flexibility index (Phi) is 31.7. The van der Waals surface area contributed by atoms with Crippen molar-refractivity contribution in [1.82, 2.24) is 24.6 Å². The molecular weight excluding hydrogens is 899 g/mol. The zero-order valence-electron chi connectivity index (χ0n) is 39.3. The SMILES string of the molecule is CCCN(OCC)C(=O)C1=Cc2cnc(SN(C)CCOCCOCCOCCOCCOCCOCCOCCOCCOCCOCCNC(=O)CN3C(=O)C=CC3=O)cc2N=C(N)C1. The lowest BCUT2D eigenvalue weighted by Crippen LogP contribution is -2.41. The number of rotatable bonds is 42. The number of hydroxylamine groups is 2. The predicted molar refractivity (Wildman–Crippen MR) is 247 cm³/mol. The van der Waals surface area contributed by atoms with Gasteiger partial charge in [0.15, 0.2) is 0 Å². The van der Waals surface area contributed by atoms with Crippen LogP contribution in [0.4, 0.5) is 5.69 Å². The monoisotopic (exact) mass is 969 g/mol. The van der Waals surface area contributed by atoms with Crippen LogP contribution in [0.1, 0.15) is 32.3 Å². The summed E-state index contributed by atoms with van der Waals surface area (Å²) in [6.45, 7) is 14.1. The van der Waals surface area contributed by atoms with Crippen LogP contribution < -0.4 is 11.1 Å². The molecule has 22 nitrogen and oxygen atoms in total. The van der Waals surface area contributed by atoms with Crippen molar-refractivity contribution in [3.05, 3.63) is 35.6 Å². The van der Waals surface area contributed by atoms with Crippen LogP contribution >= 0.6 is 11.9 Å². The number of nitrogens with zero attached hydrogens (tertiary/aromatic N) is 5. The molecule has 3 heterocycles. The fraction of sp³-hybridized carbons (Fsp3) is 0.682. The van der Waals surface area contributed by atoms with E-state index in [0.717, 1.165) is 34.1 Å². The van der Waals surface area contributed by atoms with E-state index in [1.807, 2.05) is 31.3 Å². The molecule has 1 aromatic rings. The van der Waals surface area contributed by atoms with E-state index in [4.69, 9.17) is 57.9 Å².